The van der Waals surface area contributed by atoms with E-state index in [4.69, 9.17) is 11.6 Å². The molecule has 15 heavy (non-hydrogen) atoms. The van der Waals surface area contributed by atoms with E-state index < -0.39 is 0 Å². The predicted molar refractivity (Wildman–Crippen MR) is 68.6 cm³/mol. The van der Waals surface area contributed by atoms with Gasteiger partial charge >= 0.3 is 0 Å². The Morgan fingerprint density at radius 1 is 1.40 bits per heavy atom. The van der Waals surface area contributed by atoms with Crippen molar-refractivity contribution >= 4 is 23.4 Å². The van der Waals surface area contributed by atoms with E-state index in [-0.39, 0.29) is 0 Å². The van der Waals surface area contributed by atoms with Crippen molar-refractivity contribution in [3.8, 4) is 0 Å². The van der Waals surface area contributed by atoms with Crippen molar-refractivity contribution in [2.45, 2.75) is 23.8 Å². The molecular weight excluding hydrogens is 226 g/mol. The molecule has 0 aliphatic carbocycles. The average molecular weight is 242 g/mol. The van der Waals surface area contributed by atoms with Crippen molar-refractivity contribution in [3.63, 3.8) is 0 Å². The lowest BCUT2D eigenvalue weighted by Gasteiger charge is -2.22. The Balaban J connectivity index is 1.84. The lowest BCUT2D eigenvalue weighted by Crippen LogP contribution is -2.31. The van der Waals surface area contributed by atoms with E-state index in [2.05, 4.69) is 17.4 Å². The monoisotopic (exact) mass is 241 g/mol. The number of piperidine rings is 1. The number of halogens is 1. The molecule has 2 rings (SSSR count). The zero-order valence-corrected chi connectivity index (χ0v) is 10.3. The number of hydrogen-bond acceptors (Lipinski definition) is 2. The Labute approximate surface area is 101 Å². The van der Waals surface area contributed by atoms with E-state index in [0.29, 0.717) is 0 Å². The van der Waals surface area contributed by atoms with Crippen molar-refractivity contribution in [2.24, 2.45) is 0 Å². The van der Waals surface area contributed by atoms with Crippen LogP contribution in [-0.2, 0) is 5.75 Å². The molecule has 0 radical (unpaired) electrons. The SMILES string of the molecule is Clc1ccccc1CSC1CCCNC1. The van der Waals surface area contributed by atoms with E-state index in [1.807, 2.05) is 23.9 Å². The molecule has 0 bridgehead atoms. The molecule has 0 saturated carbocycles. The first-order valence-electron chi connectivity index (χ1n) is 5.42. The summed E-state index contributed by atoms with van der Waals surface area (Å²) in [4.78, 5) is 0. The molecule has 1 N–H and O–H groups in total. The smallest absolute Gasteiger partial charge is 0.0446 e. The second-order valence-electron chi connectivity index (χ2n) is 3.87. The van der Waals surface area contributed by atoms with Gasteiger partial charge in [0.15, 0.2) is 0 Å². The maximum absolute atomic E-state index is 6.11. The van der Waals surface area contributed by atoms with Crippen LogP contribution in [0.5, 0.6) is 0 Å². The fraction of sp³-hybridized carbons (Fsp3) is 0.500. The third-order valence-corrected chi connectivity index (χ3v) is 4.40. The van der Waals surface area contributed by atoms with Crippen molar-refractivity contribution in [1.29, 1.82) is 0 Å². The van der Waals surface area contributed by atoms with E-state index in [9.17, 15) is 0 Å². The molecule has 0 spiro atoms. The van der Waals surface area contributed by atoms with Gasteiger partial charge in [0.05, 0.1) is 0 Å². The highest BCUT2D eigenvalue weighted by Crippen LogP contribution is 2.26. The number of benzene rings is 1. The minimum absolute atomic E-state index is 0.759. The molecule has 0 amide bonds. The van der Waals surface area contributed by atoms with Crippen LogP contribution in [-0.4, -0.2) is 18.3 Å². The molecule has 1 atom stereocenters. The second-order valence-corrected chi connectivity index (χ2v) is 5.57. The summed E-state index contributed by atoms with van der Waals surface area (Å²) in [6.45, 7) is 2.33. The van der Waals surface area contributed by atoms with Crippen LogP contribution in [0.25, 0.3) is 0 Å². The Hall–Kier alpha value is -0.180. The molecule has 1 saturated heterocycles. The van der Waals surface area contributed by atoms with Gasteiger partial charge in [-0.3, -0.25) is 0 Å². The van der Waals surface area contributed by atoms with Crippen LogP contribution in [0.4, 0.5) is 0 Å². The summed E-state index contributed by atoms with van der Waals surface area (Å²) in [6.07, 6.45) is 2.64. The van der Waals surface area contributed by atoms with Crippen LogP contribution in [0, 0.1) is 0 Å². The standard InChI is InChI=1S/C12H16ClNS/c13-12-6-2-1-4-10(12)9-15-11-5-3-7-14-8-11/h1-2,4,6,11,14H,3,5,7-9H2. The zero-order valence-electron chi connectivity index (χ0n) is 8.71. The van der Waals surface area contributed by atoms with Crippen LogP contribution in [0.15, 0.2) is 24.3 Å². The van der Waals surface area contributed by atoms with Crippen LogP contribution in [0.3, 0.4) is 0 Å². The largest absolute Gasteiger partial charge is 0.316 e. The summed E-state index contributed by atoms with van der Waals surface area (Å²) in [5, 5.41) is 5.09. The van der Waals surface area contributed by atoms with Crippen LogP contribution in [0.1, 0.15) is 18.4 Å². The van der Waals surface area contributed by atoms with Crippen LogP contribution < -0.4 is 5.32 Å². The molecule has 1 fully saturated rings. The fourth-order valence-corrected chi connectivity index (χ4v) is 3.30. The van der Waals surface area contributed by atoms with Crippen molar-refractivity contribution in [1.82, 2.24) is 5.32 Å². The van der Waals surface area contributed by atoms with Gasteiger partial charge in [0.1, 0.15) is 0 Å². The van der Waals surface area contributed by atoms with E-state index in [0.717, 1.165) is 22.6 Å². The highest BCUT2D eigenvalue weighted by Gasteiger charge is 2.13. The quantitative estimate of drug-likeness (QED) is 0.872. The molecule has 1 aromatic carbocycles. The molecule has 1 aromatic rings. The van der Waals surface area contributed by atoms with Gasteiger partial charge in [0.25, 0.3) is 0 Å². The number of hydrogen-bond donors (Lipinski definition) is 1. The first-order valence-corrected chi connectivity index (χ1v) is 6.84. The summed E-state index contributed by atoms with van der Waals surface area (Å²) in [7, 11) is 0. The molecular formula is C12H16ClNS. The molecule has 1 aliphatic rings. The first-order chi connectivity index (χ1) is 7.36. The van der Waals surface area contributed by atoms with Gasteiger partial charge < -0.3 is 5.32 Å². The topological polar surface area (TPSA) is 12.0 Å². The maximum Gasteiger partial charge on any atom is 0.0446 e. The van der Waals surface area contributed by atoms with Gasteiger partial charge in [-0.1, -0.05) is 29.8 Å². The Kier molecular flexibility index (Phi) is 4.36. The highest BCUT2D eigenvalue weighted by molar-refractivity contribution is 7.99. The highest BCUT2D eigenvalue weighted by atomic mass is 35.5. The summed E-state index contributed by atoms with van der Waals surface area (Å²) in [5.41, 5.74) is 1.26. The third-order valence-electron chi connectivity index (χ3n) is 2.68. The average Bonchev–Trinajstić information content (AvgIpc) is 2.29. The minimum atomic E-state index is 0.759. The molecule has 1 unspecified atom stereocenters. The molecule has 1 heterocycles. The summed E-state index contributed by atoms with van der Waals surface area (Å²) in [5.74, 6) is 1.03. The van der Waals surface area contributed by atoms with Gasteiger partial charge in [0.2, 0.25) is 0 Å². The Morgan fingerprint density at radius 2 is 2.27 bits per heavy atom. The van der Waals surface area contributed by atoms with Crippen molar-refractivity contribution < 1.29 is 0 Å². The first kappa shape index (κ1) is 11.3. The predicted octanol–water partition coefficient (Wildman–Crippen LogP) is 3.33. The zero-order chi connectivity index (χ0) is 10.5. The number of thioether (sulfide) groups is 1. The van der Waals surface area contributed by atoms with Gasteiger partial charge in [-0.2, -0.15) is 11.8 Å². The van der Waals surface area contributed by atoms with Gasteiger partial charge in [-0.25, -0.2) is 0 Å². The number of nitrogens with one attached hydrogen (secondary N) is 1. The molecule has 1 nitrogen and oxygen atoms in total. The normalized spacial score (nSPS) is 21.5. The summed E-state index contributed by atoms with van der Waals surface area (Å²) < 4.78 is 0. The third kappa shape index (κ3) is 3.40. The lowest BCUT2D eigenvalue weighted by molar-refractivity contribution is 0.531. The Morgan fingerprint density at radius 3 is 3.00 bits per heavy atom. The summed E-state index contributed by atoms with van der Waals surface area (Å²) >= 11 is 8.13. The summed E-state index contributed by atoms with van der Waals surface area (Å²) in [6, 6.07) is 8.13. The fourth-order valence-electron chi connectivity index (χ4n) is 1.79. The van der Waals surface area contributed by atoms with Crippen molar-refractivity contribution in [2.75, 3.05) is 13.1 Å². The van der Waals surface area contributed by atoms with Gasteiger partial charge in [-0.05, 0) is 31.0 Å². The molecule has 3 heteroatoms. The van der Waals surface area contributed by atoms with E-state index in [1.54, 1.807) is 0 Å². The lowest BCUT2D eigenvalue weighted by atomic mass is 10.2. The number of rotatable bonds is 3. The Bertz CT molecular complexity index is 310. The van der Waals surface area contributed by atoms with E-state index >= 15 is 0 Å². The second kappa shape index (κ2) is 5.78. The molecule has 1 aliphatic heterocycles. The van der Waals surface area contributed by atoms with Gasteiger partial charge in [0, 0.05) is 22.6 Å². The van der Waals surface area contributed by atoms with Crippen LogP contribution >= 0.6 is 23.4 Å². The minimum Gasteiger partial charge on any atom is -0.316 e. The molecule has 82 valence electrons. The van der Waals surface area contributed by atoms with Crippen LogP contribution in [0.2, 0.25) is 5.02 Å². The molecule has 0 aromatic heterocycles. The van der Waals surface area contributed by atoms with Gasteiger partial charge in [-0.15, -0.1) is 0 Å². The van der Waals surface area contributed by atoms with Crippen molar-refractivity contribution in [3.05, 3.63) is 34.9 Å². The maximum atomic E-state index is 6.11. The van der Waals surface area contributed by atoms with E-state index in [1.165, 1.54) is 24.9 Å².